The molecule has 0 bridgehead atoms. The van der Waals surface area contributed by atoms with E-state index < -0.39 is 0 Å². The fraction of sp³-hybridized carbons (Fsp3) is 0.286. The van der Waals surface area contributed by atoms with Crippen LogP contribution in [0.1, 0.15) is 35.2 Å². The lowest BCUT2D eigenvalue weighted by molar-refractivity contribution is -0.117. The van der Waals surface area contributed by atoms with Crippen molar-refractivity contribution in [3.8, 4) is 11.5 Å². The molecule has 2 aromatic carbocycles. The molecule has 4 nitrogen and oxygen atoms in total. The smallest absolute Gasteiger partial charge is 0.244 e. The van der Waals surface area contributed by atoms with Gasteiger partial charge in [0, 0.05) is 6.08 Å². The van der Waals surface area contributed by atoms with Gasteiger partial charge in [-0.2, -0.15) is 0 Å². The summed E-state index contributed by atoms with van der Waals surface area (Å²) < 4.78 is 10.5. The quantitative estimate of drug-likeness (QED) is 0.802. The second kappa shape index (κ2) is 8.38. The zero-order valence-electron chi connectivity index (χ0n) is 15.4. The van der Waals surface area contributed by atoms with E-state index in [9.17, 15) is 4.79 Å². The third-order valence-electron chi connectivity index (χ3n) is 4.22. The van der Waals surface area contributed by atoms with Gasteiger partial charge in [0.1, 0.15) is 0 Å². The number of nitrogens with one attached hydrogen (secondary N) is 1. The van der Waals surface area contributed by atoms with Gasteiger partial charge in [-0.1, -0.05) is 24.3 Å². The Morgan fingerprint density at radius 1 is 1.00 bits per heavy atom. The topological polar surface area (TPSA) is 47.6 Å². The molecule has 0 aromatic heterocycles. The number of amides is 1. The Morgan fingerprint density at radius 3 is 2.36 bits per heavy atom. The fourth-order valence-corrected chi connectivity index (χ4v) is 2.51. The predicted molar refractivity (Wildman–Crippen MR) is 101 cm³/mol. The molecule has 2 rings (SSSR count). The van der Waals surface area contributed by atoms with E-state index in [0.29, 0.717) is 11.5 Å². The van der Waals surface area contributed by atoms with Crippen LogP contribution in [0.3, 0.4) is 0 Å². The zero-order valence-corrected chi connectivity index (χ0v) is 15.4. The molecule has 132 valence electrons. The van der Waals surface area contributed by atoms with E-state index in [1.165, 1.54) is 17.2 Å². The van der Waals surface area contributed by atoms with Crippen LogP contribution in [0.2, 0.25) is 0 Å². The number of aryl methyl sites for hydroxylation is 2. The molecule has 1 N–H and O–H groups in total. The first kappa shape index (κ1) is 18.6. The van der Waals surface area contributed by atoms with Crippen molar-refractivity contribution in [1.82, 2.24) is 5.32 Å². The standard InChI is InChI=1S/C21H25NO3/c1-14-6-9-18(12-15(14)2)16(3)22-21(23)11-8-17-7-10-19(24-4)20(13-17)25-5/h6-13,16H,1-5H3,(H,22,23)/b11-8+. The van der Waals surface area contributed by atoms with Gasteiger partial charge in [0.05, 0.1) is 20.3 Å². The molecule has 2 aromatic rings. The maximum atomic E-state index is 12.2. The maximum absolute atomic E-state index is 12.2. The lowest BCUT2D eigenvalue weighted by Gasteiger charge is -2.14. The molecule has 0 heterocycles. The molecule has 0 spiro atoms. The van der Waals surface area contributed by atoms with Crippen molar-refractivity contribution in [2.45, 2.75) is 26.8 Å². The van der Waals surface area contributed by atoms with Gasteiger partial charge in [-0.15, -0.1) is 0 Å². The molecule has 0 fully saturated rings. The summed E-state index contributed by atoms with van der Waals surface area (Å²) in [5, 5.41) is 2.98. The number of carbonyl (C=O) groups is 1. The number of hydrogen-bond acceptors (Lipinski definition) is 3. The van der Waals surface area contributed by atoms with Crippen LogP contribution in [-0.2, 0) is 4.79 Å². The van der Waals surface area contributed by atoms with Gasteiger partial charge >= 0.3 is 0 Å². The molecule has 0 saturated carbocycles. The summed E-state index contributed by atoms with van der Waals surface area (Å²) in [7, 11) is 3.18. The van der Waals surface area contributed by atoms with E-state index in [0.717, 1.165) is 11.1 Å². The molecule has 0 radical (unpaired) electrons. The monoisotopic (exact) mass is 339 g/mol. The Hall–Kier alpha value is -2.75. The van der Waals surface area contributed by atoms with Gasteiger partial charge < -0.3 is 14.8 Å². The molecule has 1 amide bonds. The van der Waals surface area contributed by atoms with E-state index in [-0.39, 0.29) is 11.9 Å². The summed E-state index contributed by atoms with van der Waals surface area (Å²) in [5.41, 5.74) is 4.43. The number of ether oxygens (including phenoxy) is 2. The van der Waals surface area contributed by atoms with Crippen LogP contribution >= 0.6 is 0 Å². The van der Waals surface area contributed by atoms with Gasteiger partial charge in [-0.3, -0.25) is 4.79 Å². The number of carbonyl (C=O) groups excluding carboxylic acids is 1. The maximum Gasteiger partial charge on any atom is 0.244 e. The molecule has 0 aliphatic rings. The first-order valence-electron chi connectivity index (χ1n) is 8.22. The summed E-state index contributed by atoms with van der Waals surface area (Å²) >= 11 is 0. The van der Waals surface area contributed by atoms with Crippen molar-refractivity contribution < 1.29 is 14.3 Å². The van der Waals surface area contributed by atoms with Crippen LogP contribution in [0.4, 0.5) is 0 Å². The summed E-state index contributed by atoms with van der Waals surface area (Å²) in [4.78, 5) is 12.2. The van der Waals surface area contributed by atoms with E-state index in [4.69, 9.17) is 9.47 Å². The van der Waals surface area contributed by atoms with Gasteiger partial charge in [0.2, 0.25) is 5.91 Å². The van der Waals surface area contributed by atoms with E-state index in [1.54, 1.807) is 20.3 Å². The number of benzene rings is 2. The highest BCUT2D eigenvalue weighted by molar-refractivity contribution is 5.92. The van der Waals surface area contributed by atoms with Crippen molar-refractivity contribution in [2.75, 3.05) is 14.2 Å². The van der Waals surface area contributed by atoms with Crippen molar-refractivity contribution in [1.29, 1.82) is 0 Å². The average molecular weight is 339 g/mol. The van der Waals surface area contributed by atoms with Crippen LogP contribution in [0.5, 0.6) is 11.5 Å². The van der Waals surface area contributed by atoms with Crippen LogP contribution in [-0.4, -0.2) is 20.1 Å². The predicted octanol–water partition coefficient (Wildman–Crippen LogP) is 4.21. The third-order valence-corrected chi connectivity index (χ3v) is 4.22. The Morgan fingerprint density at radius 2 is 1.72 bits per heavy atom. The second-order valence-corrected chi connectivity index (χ2v) is 6.02. The molecule has 0 aliphatic heterocycles. The summed E-state index contributed by atoms with van der Waals surface area (Å²) in [6, 6.07) is 11.7. The van der Waals surface area contributed by atoms with Gasteiger partial charge in [0.15, 0.2) is 11.5 Å². The molecule has 1 atom stereocenters. The Bertz CT molecular complexity index is 781. The zero-order chi connectivity index (χ0) is 18.4. The highest BCUT2D eigenvalue weighted by Gasteiger charge is 2.09. The van der Waals surface area contributed by atoms with Gasteiger partial charge in [-0.25, -0.2) is 0 Å². The third kappa shape index (κ3) is 4.86. The van der Waals surface area contributed by atoms with Crippen molar-refractivity contribution in [2.24, 2.45) is 0 Å². The van der Waals surface area contributed by atoms with Gasteiger partial charge in [-0.05, 0) is 61.2 Å². The van der Waals surface area contributed by atoms with Crippen molar-refractivity contribution in [3.05, 3.63) is 64.7 Å². The molecule has 1 unspecified atom stereocenters. The van der Waals surface area contributed by atoms with Crippen molar-refractivity contribution in [3.63, 3.8) is 0 Å². The number of hydrogen-bond donors (Lipinski definition) is 1. The second-order valence-electron chi connectivity index (χ2n) is 6.02. The Labute approximate surface area is 149 Å². The lowest BCUT2D eigenvalue weighted by atomic mass is 10.0. The number of methoxy groups -OCH3 is 2. The Kier molecular flexibility index (Phi) is 6.23. The van der Waals surface area contributed by atoms with Crippen LogP contribution in [0.25, 0.3) is 6.08 Å². The molecule has 0 saturated heterocycles. The molecule has 0 aliphatic carbocycles. The van der Waals surface area contributed by atoms with Crippen molar-refractivity contribution >= 4 is 12.0 Å². The Balaban J connectivity index is 2.03. The summed E-state index contributed by atoms with van der Waals surface area (Å²) in [6.45, 7) is 6.13. The van der Waals surface area contributed by atoms with Crippen LogP contribution < -0.4 is 14.8 Å². The van der Waals surface area contributed by atoms with Crippen LogP contribution in [0.15, 0.2) is 42.5 Å². The van der Waals surface area contributed by atoms with E-state index >= 15 is 0 Å². The first-order valence-corrected chi connectivity index (χ1v) is 8.22. The lowest BCUT2D eigenvalue weighted by Crippen LogP contribution is -2.24. The SMILES string of the molecule is COc1ccc(/C=C/C(=O)NC(C)c2ccc(C)c(C)c2)cc1OC. The fourth-order valence-electron chi connectivity index (χ4n) is 2.51. The van der Waals surface area contributed by atoms with E-state index in [1.807, 2.05) is 31.2 Å². The largest absolute Gasteiger partial charge is 0.493 e. The molecular formula is C21H25NO3. The minimum atomic E-state index is -0.138. The summed E-state index contributed by atoms with van der Waals surface area (Å²) in [5.74, 6) is 1.15. The minimum Gasteiger partial charge on any atom is -0.493 e. The molecule has 4 heteroatoms. The normalized spacial score (nSPS) is 12.0. The van der Waals surface area contributed by atoms with Gasteiger partial charge in [0.25, 0.3) is 0 Å². The molecule has 25 heavy (non-hydrogen) atoms. The first-order chi connectivity index (χ1) is 11.9. The summed E-state index contributed by atoms with van der Waals surface area (Å²) in [6.07, 6.45) is 3.28. The average Bonchev–Trinajstić information content (AvgIpc) is 2.61. The van der Waals surface area contributed by atoms with E-state index in [2.05, 4.69) is 31.3 Å². The highest BCUT2D eigenvalue weighted by atomic mass is 16.5. The molecular weight excluding hydrogens is 314 g/mol. The van der Waals surface area contributed by atoms with Crippen LogP contribution in [0, 0.1) is 13.8 Å². The highest BCUT2D eigenvalue weighted by Crippen LogP contribution is 2.28. The number of rotatable bonds is 6. The minimum absolute atomic E-state index is 0.0538.